The fraction of sp³-hybridized carbons (Fsp3) is 0.417. The summed E-state index contributed by atoms with van der Waals surface area (Å²) in [7, 11) is 1.64. The zero-order chi connectivity index (χ0) is 31.1. The van der Waals surface area contributed by atoms with E-state index in [1.807, 2.05) is 36.4 Å². The van der Waals surface area contributed by atoms with Gasteiger partial charge in [-0.1, -0.05) is 44.5 Å². The lowest BCUT2D eigenvalue weighted by atomic mass is 9.87. The molecule has 2 N–H and O–H groups in total. The minimum Gasteiger partial charge on any atom is -0.493 e. The Morgan fingerprint density at radius 2 is 1.68 bits per heavy atom. The van der Waals surface area contributed by atoms with Gasteiger partial charge in [0.25, 0.3) is 0 Å². The lowest BCUT2D eigenvalue weighted by Gasteiger charge is -2.31. The molecule has 1 saturated heterocycles. The number of aromatic nitrogens is 1. The van der Waals surface area contributed by atoms with Crippen LogP contribution in [0.15, 0.2) is 66.9 Å². The van der Waals surface area contributed by atoms with Crippen LogP contribution >= 0.6 is 11.6 Å². The Kier molecular flexibility index (Phi) is 10.5. The standard InChI is InChI=1S/C36H44ClN3O4/c1-36(2,3)26-6-8-27(9-7-26)39-28-10-11-33(30(37)22-28)44-32-12-16-38-31-24-35(34(42-4)23-29(31)32)43-21-5-17-40-18-13-25(14-19-40)15-20-41/h6-12,16,22-25,39,41H,5,13-15,17-21H2,1-4H3. The second kappa shape index (κ2) is 14.5. The van der Waals surface area contributed by atoms with E-state index in [9.17, 15) is 5.11 Å². The summed E-state index contributed by atoms with van der Waals surface area (Å²) in [4.78, 5) is 7.05. The lowest BCUT2D eigenvalue weighted by molar-refractivity contribution is 0.150. The van der Waals surface area contributed by atoms with E-state index < -0.39 is 0 Å². The number of nitrogens with zero attached hydrogens (tertiary/aromatic N) is 2. The third-order valence-corrected chi connectivity index (χ3v) is 8.59. The number of anilines is 2. The van der Waals surface area contributed by atoms with Gasteiger partial charge in [-0.15, -0.1) is 0 Å². The molecule has 7 nitrogen and oxygen atoms in total. The number of ether oxygens (including phenoxy) is 3. The summed E-state index contributed by atoms with van der Waals surface area (Å²) in [6, 6.07) is 19.8. The highest BCUT2D eigenvalue weighted by atomic mass is 35.5. The highest BCUT2D eigenvalue weighted by Crippen LogP contribution is 2.39. The summed E-state index contributed by atoms with van der Waals surface area (Å²) in [6.07, 6.45) is 5.89. The molecule has 0 amide bonds. The zero-order valence-corrected chi connectivity index (χ0v) is 27.0. The van der Waals surface area contributed by atoms with Crippen molar-refractivity contribution in [2.24, 2.45) is 5.92 Å². The van der Waals surface area contributed by atoms with Crippen molar-refractivity contribution >= 4 is 33.9 Å². The van der Waals surface area contributed by atoms with Crippen LogP contribution in [0.25, 0.3) is 10.9 Å². The third-order valence-electron chi connectivity index (χ3n) is 8.30. The van der Waals surface area contributed by atoms with Crippen molar-refractivity contribution in [3.8, 4) is 23.0 Å². The van der Waals surface area contributed by atoms with E-state index in [1.54, 1.807) is 13.3 Å². The molecule has 234 valence electrons. The number of methoxy groups -OCH3 is 1. The predicted molar refractivity (Wildman–Crippen MR) is 179 cm³/mol. The molecule has 5 rings (SSSR count). The first kappa shape index (κ1) is 31.9. The van der Waals surface area contributed by atoms with Gasteiger partial charge in [-0.25, -0.2) is 0 Å². The minimum absolute atomic E-state index is 0.107. The molecule has 1 fully saturated rings. The number of halogens is 1. The summed E-state index contributed by atoms with van der Waals surface area (Å²) in [5.41, 5.74) is 4.01. The van der Waals surface area contributed by atoms with Crippen LogP contribution in [0, 0.1) is 5.92 Å². The summed E-state index contributed by atoms with van der Waals surface area (Å²) in [6.45, 7) is 10.7. The maximum absolute atomic E-state index is 9.18. The number of fused-ring (bicyclic) bond motifs is 1. The van der Waals surface area contributed by atoms with Gasteiger partial charge in [-0.3, -0.25) is 4.98 Å². The van der Waals surface area contributed by atoms with Gasteiger partial charge in [-0.05, 0) is 98.1 Å². The number of hydrogen-bond acceptors (Lipinski definition) is 7. The Hall–Kier alpha value is -3.52. The van der Waals surface area contributed by atoms with E-state index in [0.29, 0.717) is 47.2 Å². The van der Waals surface area contributed by atoms with Crippen LogP contribution < -0.4 is 19.5 Å². The molecule has 44 heavy (non-hydrogen) atoms. The van der Waals surface area contributed by atoms with Crippen LogP contribution in [0.3, 0.4) is 0 Å². The Labute approximate surface area is 266 Å². The van der Waals surface area contributed by atoms with E-state index in [0.717, 1.165) is 67.6 Å². The van der Waals surface area contributed by atoms with Crippen LogP contribution in [0.1, 0.15) is 52.0 Å². The number of benzene rings is 3. The number of pyridine rings is 1. The largest absolute Gasteiger partial charge is 0.493 e. The lowest BCUT2D eigenvalue weighted by Crippen LogP contribution is -2.35. The van der Waals surface area contributed by atoms with Gasteiger partial charge in [0.05, 0.1) is 24.3 Å². The van der Waals surface area contributed by atoms with Crippen molar-refractivity contribution in [2.45, 2.75) is 51.9 Å². The van der Waals surface area contributed by atoms with Gasteiger partial charge >= 0.3 is 0 Å². The number of aliphatic hydroxyl groups is 1. The minimum atomic E-state index is 0.107. The van der Waals surface area contributed by atoms with Crippen LogP contribution in [-0.4, -0.2) is 54.9 Å². The van der Waals surface area contributed by atoms with Crippen molar-refractivity contribution in [3.63, 3.8) is 0 Å². The molecule has 1 aromatic heterocycles. The van der Waals surface area contributed by atoms with Crippen LogP contribution in [0.5, 0.6) is 23.0 Å². The molecule has 1 aliphatic heterocycles. The molecular weight excluding hydrogens is 574 g/mol. The van der Waals surface area contributed by atoms with Gasteiger partial charge in [0.1, 0.15) is 11.5 Å². The van der Waals surface area contributed by atoms with E-state index >= 15 is 0 Å². The van der Waals surface area contributed by atoms with Gasteiger partial charge in [0.15, 0.2) is 11.5 Å². The molecule has 0 unspecified atom stereocenters. The fourth-order valence-corrected chi connectivity index (χ4v) is 5.86. The van der Waals surface area contributed by atoms with Crippen LogP contribution in [0.2, 0.25) is 5.02 Å². The Balaban J connectivity index is 1.22. The molecule has 0 bridgehead atoms. The molecule has 2 heterocycles. The Morgan fingerprint density at radius 3 is 2.36 bits per heavy atom. The summed E-state index contributed by atoms with van der Waals surface area (Å²) in [5.74, 6) is 3.13. The third kappa shape index (κ3) is 8.14. The molecule has 3 aromatic carbocycles. The van der Waals surface area contributed by atoms with E-state index in [-0.39, 0.29) is 5.41 Å². The second-order valence-corrected chi connectivity index (χ2v) is 12.9. The van der Waals surface area contributed by atoms with Gasteiger partial charge in [0, 0.05) is 42.2 Å². The average molecular weight is 618 g/mol. The smallest absolute Gasteiger partial charge is 0.163 e. The van der Waals surface area contributed by atoms with Gasteiger partial charge in [0.2, 0.25) is 0 Å². The number of hydrogen-bond donors (Lipinski definition) is 2. The molecule has 1 aliphatic rings. The molecule has 0 aliphatic carbocycles. The Morgan fingerprint density at radius 1 is 0.932 bits per heavy atom. The molecular formula is C36H44ClN3O4. The monoisotopic (exact) mass is 617 g/mol. The normalized spacial score (nSPS) is 14.5. The van der Waals surface area contributed by atoms with Crippen molar-refractivity contribution in [2.75, 3.05) is 45.3 Å². The van der Waals surface area contributed by atoms with Gasteiger partial charge in [-0.2, -0.15) is 0 Å². The second-order valence-electron chi connectivity index (χ2n) is 12.5. The van der Waals surface area contributed by atoms with E-state index in [1.165, 1.54) is 5.56 Å². The summed E-state index contributed by atoms with van der Waals surface area (Å²) < 4.78 is 18.1. The predicted octanol–water partition coefficient (Wildman–Crippen LogP) is 8.59. The zero-order valence-electron chi connectivity index (χ0n) is 26.2. The first-order valence-corrected chi connectivity index (χ1v) is 15.9. The maximum Gasteiger partial charge on any atom is 0.163 e. The summed E-state index contributed by atoms with van der Waals surface area (Å²) >= 11 is 6.67. The van der Waals surface area contributed by atoms with Gasteiger partial charge < -0.3 is 29.5 Å². The van der Waals surface area contributed by atoms with Crippen molar-refractivity contribution in [1.29, 1.82) is 0 Å². The average Bonchev–Trinajstić information content (AvgIpc) is 3.01. The van der Waals surface area contributed by atoms with E-state index in [2.05, 4.69) is 60.2 Å². The number of rotatable bonds is 12. The Bertz CT molecular complexity index is 1530. The number of aliphatic hydroxyl groups excluding tert-OH is 1. The fourth-order valence-electron chi connectivity index (χ4n) is 5.64. The SMILES string of the molecule is COc1cc2c(Oc3ccc(Nc4ccc(C(C)(C)C)cc4)cc3Cl)ccnc2cc1OCCCN1CCC(CCO)CC1. The number of likely N-dealkylation sites (tertiary alicyclic amines) is 1. The molecule has 0 spiro atoms. The topological polar surface area (TPSA) is 76.1 Å². The molecule has 0 saturated carbocycles. The van der Waals surface area contributed by atoms with Crippen LogP contribution in [0.4, 0.5) is 11.4 Å². The number of piperidine rings is 1. The van der Waals surface area contributed by atoms with E-state index in [4.69, 9.17) is 25.8 Å². The first-order chi connectivity index (χ1) is 21.2. The highest BCUT2D eigenvalue weighted by Gasteiger charge is 2.19. The van der Waals surface area contributed by atoms with Crippen molar-refractivity contribution in [3.05, 3.63) is 77.4 Å². The quantitative estimate of drug-likeness (QED) is 0.154. The molecule has 0 atom stereocenters. The van der Waals surface area contributed by atoms with Crippen molar-refractivity contribution in [1.82, 2.24) is 9.88 Å². The van der Waals surface area contributed by atoms with Crippen LogP contribution in [-0.2, 0) is 5.41 Å². The highest BCUT2D eigenvalue weighted by molar-refractivity contribution is 6.32. The first-order valence-electron chi connectivity index (χ1n) is 15.5. The summed E-state index contributed by atoms with van der Waals surface area (Å²) in [5, 5.41) is 13.9. The molecule has 8 heteroatoms. The molecule has 4 aromatic rings. The van der Waals surface area contributed by atoms with Crippen molar-refractivity contribution < 1.29 is 19.3 Å². The molecule has 0 radical (unpaired) electrons. The number of nitrogens with one attached hydrogen (secondary N) is 1. The maximum atomic E-state index is 9.18.